The summed E-state index contributed by atoms with van der Waals surface area (Å²) in [6.45, 7) is 6.36. The molecule has 0 aliphatic carbocycles. The Balaban J connectivity index is 2.30. The maximum Gasteiger partial charge on any atom is 0.261 e. The van der Waals surface area contributed by atoms with Gasteiger partial charge < -0.3 is 15.0 Å². The quantitative estimate of drug-likeness (QED) is 0.681. The van der Waals surface area contributed by atoms with Gasteiger partial charge in [0.05, 0.1) is 17.6 Å². The van der Waals surface area contributed by atoms with Gasteiger partial charge in [0.25, 0.3) is 6.43 Å². The predicted octanol–water partition coefficient (Wildman–Crippen LogP) is 3.20. The van der Waals surface area contributed by atoms with Gasteiger partial charge in [0.1, 0.15) is 12.4 Å². The van der Waals surface area contributed by atoms with Crippen molar-refractivity contribution in [3.05, 3.63) is 24.0 Å². The number of alkyl halides is 2. The highest BCUT2D eigenvalue weighted by atomic mass is 19.3. The van der Waals surface area contributed by atoms with E-state index in [1.807, 2.05) is 22.8 Å². The van der Waals surface area contributed by atoms with Gasteiger partial charge in [0.2, 0.25) is 0 Å². The first-order valence-corrected chi connectivity index (χ1v) is 6.91. The molecule has 0 radical (unpaired) electrons. The zero-order valence-corrected chi connectivity index (χ0v) is 12.6. The summed E-state index contributed by atoms with van der Waals surface area (Å²) < 4.78 is 31.2. The molecule has 21 heavy (non-hydrogen) atoms. The lowest BCUT2D eigenvalue weighted by Gasteiger charge is -2.20. The van der Waals surface area contributed by atoms with Gasteiger partial charge in [-0.1, -0.05) is 20.8 Å². The van der Waals surface area contributed by atoms with E-state index in [-0.39, 0.29) is 12.0 Å². The van der Waals surface area contributed by atoms with Gasteiger partial charge in [-0.15, -0.1) is 0 Å². The lowest BCUT2D eigenvalue weighted by atomic mass is 9.95. The molecule has 6 heteroatoms. The van der Waals surface area contributed by atoms with Crippen LogP contribution in [0.15, 0.2) is 18.2 Å². The van der Waals surface area contributed by atoms with E-state index in [1.54, 1.807) is 0 Å². The SMILES string of the molecule is CC(C)(C)c1nc2cc(N)ccc2n1CCOCC(F)F. The maximum absolute atomic E-state index is 12.1. The largest absolute Gasteiger partial charge is 0.399 e. The van der Waals surface area contributed by atoms with E-state index in [0.29, 0.717) is 12.2 Å². The lowest BCUT2D eigenvalue weighted by Crippen LogP contribution is -2.21. The van der Waals surface area contributed by atoms with E-state index in [0.717, 1.165) is 16.9 Å². The van der Waals surface area contributed by atoms with Crippen molar-refractivity contribution >= 4 is 16.7 Å². The zero-order valence-electron chi connectivity index (χ0n) is 12.6. The van der Waals surface area contributed by atoms with Crippen molar-refractivity contribution in [2.75, 3.05) is 18.9 Å². The highest BCUT2D eigenvalue weighted by Crippen LogP contribution is 2.27. The number of anilines is 1. The van der Waals surface area contributed by atoms with E-state index in [4.69, 9.17) is 10.5 Å². The van der Waals surface area contributed by atoms with E-state index >= 15 is 0 Å². The van der Waals surface area contributed by atoms with Crippen LogP contribution in [0.1, 0.15) is 26.6 Å². The van der Waals surface area contributed by atoms with Crippen LogP contribution in [-0.2, 0) is 16.7 Å². The van der Waals surface area contributed by atoms with Gasteiger partial charge in [-0.05, 0) is 18.2 Å². The Morgan fingerprint density at radius 1 is 1.33 bits per heavy atom. The van der Waals surface area contributed by atoms with Crippen LogP contribution in [-0.4, -0.2) is 29.2 Å². The average Bonchev–Trinajstić information content (AvgIpc) is 2.72. The molecule has 2 rings (SSSR count). The summed E-state index contributed by atoms with van der Waals surface area (Å²) in [6, 6.07) is 5.54. The number of rotatable bonds is 5. The zero-order chi connectivity index (χ0) is 15.6. The number of nitrogen functional groups attached to an aromatic ring is 1. The highest BCUT2D eigenvalue weighted by Gasteiger charge is 2.22. The van der Waals surface area contributed by atoms with Crippen molar-refractivity contribution in [2.24, 2.45) is 0 Å². The number of aromatic nitrogens is 2. The molecule has 0 aliphatic heterocycles. The first-order chi connectivity index (χ1) is 9.79. The number of fused-ring (bicyclic) bond motifs is 1. The van der Waals surface area contributed by atoms with Crippen LogP contribution < -0.4 is 5.73 Å². The first-order valence-electron chi connectivity index (χ1n) is 6.91. The minimum absolute atomic E-state index is 0.156. The minimum Gasteiger partial charge on any atom is -0.399 e. The molecule has 2 aromatic rings. The minimum atomic E-state index is -2.44. The number of benzene rings is 1. The Bertz CT molecular complexity index is 617. The molecule has 0 saturated carbocycles. The Morgan fingerprint density at radius 3 is 2.67 bits per heavy atom. The number of ether oxygens (including phenoxy) is 1. The summed E-state index contributed by atoms with van der Waals surface area (Å²) >= 11 is 0. The smallest absolute Gasteiger partial charge is 0.261 e. The number of nitrogens with zero attached hydrogens (tertiary/aromatic N) is 2. The molecule has 2 N–H and O–H groups in total. The Kier molecular flexibility index (Phi) is 4.46. The fraction of sp³-hybridized carbons (Fsp3) is 0.533. The Morgan fingerprint density at radius 2 is 2.05 bits per heavy atom. The third-order valence-corrected chi connectivity index (χ3v) is 3.15. The van der Waals surface area contributed by atoms with Crippen LogP contribution in [0.3, 0.4) is 0 Å². The molecule has 0 spiro atoms. The van der Waals surface area contributed by atoms with E-state index < -0.39 is 13.0 Å². The molecular formula is C15H21F2N3O. The van der Waals surface area contributed by atoms with Crippen LogP contribution in [0.4, 0.5) is 14.5 Å². The summed E-state index contributed by atoms with van der Waals surface area (Å²) in [7, 11) is 0. The van der Waals surface area contributed by atoms with E-state index in [1.165, 1.54) is 0 Å². The van der Waals surface area contributed by atoms with Crippen LogP contribution in [0.5, 0.6) is 0 Å². The highest BCUT2D eigenvalue weighted by molar-refractivity contribution is 5.79. The lowest BCUT2D eigenvalue weighted by molar-refractivity contribution is 0.0147. The van der Waals surface area contributed by atoms with Crippen molar-refractivity contribution < 1.29 is 13.5 Å². The van der Waals surface area contributed by atoms with Gasteiger partial charge in [0.15, 0.2) is 0 Å². The maximum atomic E-state index is 12.1. The number of nitrogens with two attached hydrogens (primary N) is 1. The summed E-state index contributed by atoms with van der Waals surface area (Å²) in [6.07, 6.45) is -2.44. The molecule has 1 aromatic carbocycles. The number of hydrogen-bond donors (Lipinski definition) is 1. The topological polar surface area (TPSA) is 53.1 Å². The van der Waals surface area contributed by atoms with Crippen LogP contribution in [0, 0.1) is 0 Å². The van der Waals surface area contributed by atoms with E-state index in [2.05, 4.69) is 25.8 Å². The molecule has 0 unspecified atom stereocenters. The summed E-state index contributed by atoms with van der Waals surface area (Å²) in [4.78, 5) is 4.64. The molecular weight excluding hydrogens is 276 g/mol. The summed E-state index contributed by atoms with van der Waals surface area (Å²) in [5.41, 5.74) is 8.04. The molecule has 0 amide bonds. The Labute approximate surface area is 122 Å². The molecule has 1 aromatic heterocycles. The number of hydrogen-bond acceptors (Lipinski definition) is 3. The molecule has 0 bridgehead atoms. The van der Waals surface area contributed by atoms with Crippen molar-refractivity contribution in [3.8, 4) is 0 Å². The second-order valence-electron chi connectivity index (χ2n) is 6.05. The molecule has 4 nitrogen and oxygen atoms in total. The standard InChI is InChI=1S/C15H21F2N3O/c1-15(2,3)14-19-11-8-10(18)4-5-12(11)20(14)6-7-21-9-13(16)17/h4-5,8,13H,6-7,9,18H2,1-3H3. The van der Waals surface area contributed by atoms with Crippen molar-refractivity contribution in [2.45, 2.75) is 39.2 Å². The van der Waals surface area contributed by atoms with Crippen LogP contribution in [0.25, 0.3) is 11.0 Å². The second-order valence-corrected chi connectivity index (χ2v) is 6.05. The average molecular weight is 297 g/mol. The van der Waals surface area contributed by atoms with Gasteiger partial charge in [-0.3, -0.25) is 0 Å². The van der Waals surface area contributed by atoms with Gasteiger partial charge in [-0.2, -0.15) is 0 Å². The molecule has 0 atom stereocenters. The third kappa shape index (κ3) is 3.69. The van der Waals surface area contributed by atoms with Gasteiger partial charge in [0, 0.05) is 17.6 Å². The summed E-state index contributed by atoms with van der Waals surface area (Å²) in [5, 5.41) is 0. The fourth-order valence-corrected chi connectivity index (χ4v) is 2.27. The van der Waals surface area contributed by atoms with Gasteiger partial charge >= 0.3 is 0 Å². The third-order valence-electron chi connectivity index (χ3n) is 3.15. The predicted molar refractivity (Wildman–Crippen MR) is 79.7 cm³/mol. The Hall–Kier alpha value is -1.69. The van der Waals surface area contributed by atoms with Crippen molar-refractivity contribution in [1.82, 2.24) is 9.55 Å². The van der Waals surface area contributed by atoms with Crippen molar-refractivity contribution in [1.29, 1.82) is 0 Å². The second kappa shape index (κ2) is 5.97. The van der Waals surface area contributed by atoms with E-state index in [9.17, 15) is 8.78 Å². The number of halogens is 2. The normalized spacial score (nSPS) is 12.5. The molecule has 1 heterocycles. The van der Waals surface area contributed by atoms with Crippen LogP contribution >= 0.6 is 0 Å². The van der Waals surface area contributed by atoms with Crippen molar-refractivity contribution in [3.63, 3.8) is 0 Å². The van der Waals surface area contributed by atoms with Crippen LogP contribution in [0.2, 0.25) is 0 Å². The molecule has 0 fully saturated rings. The summed E-state index contributed by atoms with van der Waals surface area (Å²) in [5.74, 6) is 0.892. The fourth-order valence-electron chi connectivity index (χ4n) is 2.27. The molecule has 116 valence electrons. The molecule has 0 saturated heterocycles. The van der Waals surface area contributed by atoms with Gasteiger partial charge in [-0.25, -0.2) is 13.8 Å². The monoisotopic (exact) mass is 297 g/mol. The first kappa shape index (κ1) is 15.7. The molecule has 0 aliphatic rings. The number of imidazole rings is 1.